The summed E-state index contributed by atoms with van der Waals surface area (Å²) in [6.07, 6.45) is -30.1. The molecule has 12 bridgehead atoms. The van der Waals surface area contributed by atoms with Crippen LogP contribution in [-0.4, -0.2) is 280 Å². The fourth-order valence-electron chi connectivity index (χ4n) is 17.5. The SMILES string of the molecule is O=C1OCC2OC(=O)c3cc(O)c(O)c(O)c3-c3c(O)c(O)c(O)c4c3C(=O)OC(C2OC(=O)c2cc(O)c(O)c(O)c2-c2c1cc(O)c(O)c2O)C1OC(=O)c2c-4c(O)c(O)c(O)c2[C@@H]1c1c(O)c(O)c(O)c2c1C(=O)OCC1OC(=O)c3cc(O)c(O)c(O)c3-c3c(O)c(O)c(O)c4c3C(=O)OC(C1OC(=O)c1cc(O)c(O)c(O)c1-2)C1OC(=O)c2c-4c(O)c(O)c(O)c2[C@H]1O. The van der Waals surface area contributed by atoms with Gasteiger partial charge in [-0.1, -0.05) is 0 Å². The predicted molar refractivity (Wildman–Crippen MR) is 409 cm³/mol. The molecule has 0 spiro atoms. The number of rotatable bonds is 1. The van der Waals surface area contributed by atoms with E-state index in [9.17, 15) is 168 Å². The van der Waals surface area contributed by atoms with Gasteiger partial charge in [-0.15, -0.1) is 0 Å². The molecule has 8 unspecified atom stereocenters. The Morgan fingerprint density at radius 1 is 0.180 bits per heavy atom. The first kappa shape index (κ1) is 84.7. The van der Waals surface area contributed by atoms with Gasteiger partial charge >= 0.3 is 59.7 Å². The van der Waals surface area contributed by atoms with Crippen molar-refractivity contribution in [3.8, 4) is 239 Å². The van der Waals surface area contributed by atoms with Crippen LogP contribution in [0.1, 0.15) is 132 Å². The normalized spacial score (nSPS) is 20.8. The molecule has 0 aliphatic carbocycles. The summed E-state index contributed by atoms with van der Waals surface area (Å²) in [5, 5.41) is 369. The molecule has 10 aromatic rings. The first-order valence-corrected chi connectivity index (χ1v) is 37.2. The molecule has 0 fully saturated rings. The van der Waals surface area contributed by atoms with Crippen molar-refractivity contribution in [2.24, 2.45) is 0 Å². The molecule has 51 nitrogen and oxygen atoms in total. The third-order valence-corrected chi connectivity index (χ3v) is 23.4. The molecule has 0 saturated heterocycles. The Morgan fingerprint density at radius 2 is 0.391 bits per heavy atom. The number of phenolic OH excluding ortho intramolecular Hbond substituents is 30. The molecule has 51 heteroatoms. The number of hydrogen-bond acceptors (Lipinski definition) is 51. The second-order valence-corrected chi connectivity index (χ2v) is 30.3. The Balaban J connectivity index is 0.956. The highest BCUT2D eigenvalue weighted by molar-refractivity contribution is 6.20. The molecule has 10 aliphatic heterocycles. The van der Waals surface area contributed by atoms with E-state index in [1.807, 2.05) is 0 Å². The number of benzene rings is 10. The third kappa shape index (κ3) is 11.3. The molecule has 0 saturated carbocycles. The third-order valence-electron chi connectivity index (χ3n) is 23.4. The van der Waals surface area contributed by atoms with Gasteiger partial charge in [0, 0.05) is 83.5 Å². The van der Waals surface area contributed by atoms with E-state index in [-0.39, 0.29) is 30.3 Å². The summed E-state index contributed by atoms with van der Waals surface area (Å²) < 4.78 is 58.6. The minimum Gasteiger partial charge on any atom is -0.504 e. The molecule has 10 aromatic carbocycles. The molecule has 0 amide bonds. The highest BCUT2D eigenvalue weighted by Crippen LogP contribution is 2.68. The maximum atomic E-state index is 16.8. The fraction of sp³-hybridized carbons (Fsp3) is 0.146. The minimum atomic E-state index is -3.66. The predicted octanol–water partition coefficient (Wildman–Crippen LogP) is 3.05. The topological polar surface area (TPSA) is 890 Å². The summed E-state index contributed by atoms with van der Waals surface area (Å²) in [5.74, 6) is -84.2. The van der Waals surface area contributed by atoms with Gasteiger partial charge < -0.3 is 206 Å². The van der Waals surface area contributed by atoms with E-state index in [2.05, 4.69) is 0 Å². The summed E-state index contributed by atoms with van der Waals surface area (Å²) in [6.45, 7) is -4.22. The van der Waals surface area contributed by atoms with Crippen LogP contribution in [0.3, 0.4) is 0 Å². The lowest BCUT2D eigenvalue weighted by Crippen LogP contribution is -2.56. The number of carbonyl (C=O) groups is 10. The molecule has 31 N–H and O–H groups in total. The van der Waals surface area contributed by atoms with Gasteiger partial charge in [0.2, 0.25) is 57.5 Å². The second-order valence-electron chi connectivity index (χ2n) is 30.3. The summed E-state index contributed by atoms with van der Waals surface area (Å²) in [5.41, 5.74) is -42.6. The van der Waals surface area contributed by atoms with Gasteiger partial charge in [0.1, 0.15) is 19.3 Å². The van der Waals surface area contributed by atoms with Gasteiger partial charge in [0.05, 0.1) is 61.6 Å². The number of hydrogen-bond donors (Lipinski definition) is 31. The van der Waals surface area contributed by atoms with Gasteiger partial charge in [-0.25, -0.2) is 47.9 Å². The van der Waals surface area contributed by atoms with Crippen molar-refractivity contribution in [3.63, 3.8) is 0 Å². The molecule has 0 aromatic heterocycles. The number of aliphatic hydroxyl groups is 1. The van der Waals surface area contributed by atoms with Crippen LogP contribution in [-0.2, 0) is 47.4 Å². The number of aromatic hydroxyl groups is 30. The van der Waals surface area contributed by atoms with Crippen LogP contribution >= 0.6 is 0 Å². The number of phenols is 30. The standard InChI is InChI=1S/C82H50O51/c83-13-1-8-20(46(93)41(13)88)21-9(2-14(84)42(89)47(21)94)76(117)128-67-18(6-124-73(8)114)126-74(115)10-3-15(85)43(90)48(95)22(10)26-36-28(54(101)62(109)52(26)99)29-38-33(59(106)65(112)55(29)102)34(69(130-79(38)120)71(67)132-80(36)121)32-35-25(51(98)64(111)58(32)105)24-12(5-17(87)45(92)50(24)97)77(118)129-68-19(7-125-78(35)119)127-75(116)11-4-16(86)44(91)49(96)23(11)27-37-30(56(103)63(110)53(27)100)31-39-40(60(107)66(113)57(31)104)61(108)70(131-82(39)123)72(68)133-81(37)122/h1-5,18-19,34,61,67-72,83-113H,6-7H2/t18?,19?,34-,61+,67?,68?,69?,70?,71?,72?/m0/s1. The van der Waals surface area contributed by atoms with Gasteiger partial charge in [0.25, 0.3) is 0 Å². The van der Waals surface area contributed by atoms with E-state index in [1.54, 1.807) is 0 Å². The summed E-state index contributed by atoms with van der Waals surface area (Å²) in [6, 6.07) is 0.454. The Bertz CT molecular complexity index is 7280. The average Bonchev–Trinajstić information content (AvgIpc) is 1.41. The lowest BCUT2D eigenvalue weighted by atomic mass is 9.72. The zero-order chi connectivity index (χ0) is 96.3. The lowest BCUT2D eigenvalue weighted by Gasteiger charge is -2.43. The minimum absolute atomic E-state index is 0.0437. The molecular weight excluding hydrogens is 1800 g/mol. The summed E-state index contributed by atoms with van der Waals surface area (Å²) >= 11 is 0. The smallest absolute Gasteiger partial charge is 0.340 e. The highest BCUT2D eigenvalue weighted by atomic mass is 16.7. The van der Waals surface area contributed by atoms with E-state index in [0.29, 0.717) is 0 Å². The monoisotopic (exact) mass is 1850 g/mol. The van der Waals surface area contributed by atoms with Crippen LogP contribution < -0.4 is 0 Å². The van der Waals surface area contributed by atoms with Crippen molar-refractivity contribution in [3.05, 3.63) is 103 Å². The van der Waals surface area contributed by atoms with Gasteiger partial charge in [-0.3, -0.25) is 0 Å². The van der Waals surface area contributed by atoms with Crippen LogP contribution in [0.5, 0.6) is 172 Å². The number of carbonyl (C=O) groups excluding carboxylic acids is 10. The maximum absolute atomic E-state index is 16.8. The quantitative estimate of drug-likeness (QED) is 0.0638. The Morgan fingerprint density at radius 3 is 0.729 bits per heavy atom. The van der Waals surface area contributed by atoms with E-state index in [0.717, 1.165) is 0 Å². The number of ether oxygens (including phenoxy) is 10. The lowest BCUT2D eigenvalue weighted by molar-refractivity contribution is -0.154. The number of esters is 10. The summed E-state index contributed by atoms with van der Waals surface area (Å²) in [4.78, 5) is 159. The van der Waals surface area contributed by atoms with E-state index >= 15 is 38.4 Å². The van der Waals surface area contributed by atoms with Crippen molar-refractivity contribution >= 4 is 59.7 Å². The molecule has 10 aliphatic rings. The van der Waals surface area contributed by atoms with Crippen LogP contribution in [0.15, 0.2) is 30.3 Å². The van der Waals surface area contributed by atoms with Crippen molar-refractivity contribution in [2.75, 3.05) is 13.2 Å². The van der Waals surface area contributed by atoms with Gasteiger partial charge in [-0.05, 0) is 30.3 Å². The van der Waals surface area contributed by atoms with Crippen molar-refractivity contribution in [1.29, 1.82) is 0 Å². The Labute approximate surface area is 726 Å². The highest BCUT2D eigenvalue weighted by Gasteiger charge is 2.61. The summed E-state index contributed by atoms with van der Waals surface area (Å²) in [7, 11) is 0. The first-order valence-electron chi connectivity index (χ1n) is 37.2. The van der Waals surface area contributed by atoms with Crippen LogP contribution in [0.25, 0.3) is 66.8 Å². The van der Waals surface area contributed by atoms with Crippen LogP contribution in [0, 0.1) is 0 Å². The molecule has 684 valence electrons. The maximum Gasteiger partial charge on any atom is 0.340 e. The first-order chi connectivity index (χ1) is 62.6. The number of aliphatic hydroxyl groups excluding tert-OH is 1. The fourth-order valence-corrected chi connectivity index (χ4v) is 17.5. The van der Waals surface area contributed by atoms with E-state index in [1.165, 1.54) is 0 Å². The molecule has 10 atom stereocenters. The Kier molecular flexibility index (Phi) is 18.1. The largest absolute Gasteiger partial charge is 0.504 e. The zero-order valence-electron chi connectivity index (χ0n) is 64.6. The molecule has 0 radical (unpaired) electrons. The van der Waals surface area contributed by atoms with Crippen molar-refractivity contribution in [2.45, 2.75) is 60.9 Å². The molecule has 133 heavy (non-hydrogen) atoms. The average molecular weight is 1850 g/mol. The van der Waals surface area contributed by atoms with Crippen molar-refractivity contribution < 1.29 is 254 Å². The Hall–Kier alpha value is -19.1. The van der Waals surface area contributed by atoms with Gasteiger partial charge in [-0.2, -0.15) is 0 Å². The van der Waals surface area contributed by atoms with Gasteiger partial charge in [0.15, 0.2) is 164 Å². The molecular formula is C82H50O51. The number of cyclic esters (lactones) is 2. The van der Waals surface area contributed by atoms with Crippen LogP contribution in [0.4, 0.5) is 0 Å². The molecule has 10 heterocycles. The van der Waals surface area contributed by atoms with E-state index < -0.39 is 445 Å². The zero-order valence-corrected chi connectivity index (χ0v) is 64.6. The van der Waals surface area contributed by atoms with Crippen molar-refractivity contribution in [1.82, 2.24) is 0 Å². The molecule has 20 rings (SSSR count). The van der Waals surface area contributed by atoms with E-state index in [4.69, 9.17) is 47.4 Å². The number of fused-ring (bicyclic) bond motifs is 14. The van der Waals surface area contributed by atoms with Crippen LogP contribution in [0.2, 0.25) is 0 Å². The second kappa shape index (κ2) is 28.4.